The summed E-state index contributed by atoms with van der Waals surface area (Å²) in [5.41, 5.74) is 0.904. The Balaban J connectivity index is 1.84. The predicted octanol–water partition coefficient (Wildman–Crippen LogP) is 3.11. The smallest absolute Gasteiger partial charge is 0.170 e. The van der Waals surface area contributed by atoms with Crippen LogP contribution in [0.25, 0.3) is 0 Å². The second kappa shape index (κ2) is 6.42. The first-order valence-corrected chi connectivity index (χ1v) is 7.82. The normalized spacial score (nSPS) is 20.0. The van der Waals surface area contributed by atoms with Gasteiger partial charge in [-0.3, -0.25) is 4.79 Å². The van der Waals surface area contributed by atoms with Crippen molar-refractivity contribution in [3.63, 3.8) is 0 Å². The Morgan fingerprint density at radius 2 is 1.87 bits per heavy atom. The molecule has 0 fully saturated rings. The van der Waals surface area contributed by atoms with Crippen LogP contribution in [-0.4, -0.2) is 28.2 Å². The van der Waals surface area contributed by atoms with Gasteiger partial charge in [0.25, 0.3) is 0 Å². The number of hydrogen-bond acceptors (Lipinski definition) is 4. The van der Waals surface area contributed by atoms with Gasteiger partial charge in [-0.25, -0.2) is 0 Å². The molecule has 2 N–H and O–H groups in total. The van der Waals surface area contributed by atoms with Crippen LogP contribution in [0, 0.1) is 0 Å². The number of phenolic OH excluding ortho intramolecular Hbond substituents is 1. The van der Waals surface area contributed by atoms with Gasteiger partial charge in [0.15, 0.2) is 5.78 Å². The summed E-state index contributed by atoms with van der Waals surface area (Å²) < 4.78 is 6.12. The molecule has 0 aromatic heterocycles. The lowest BCUT2D eigenvalue weighted by atomic mass is 9.83. The number of Topliss-reactive ketones (excluding diaryl/α,β-unsaturated/α-hetero) is 1. The first kappa shape index (κ1) is 15.6. The number of ketones is 1. The zero-order chi connectivity index (χ0) is 16.3. The van der Waals surface area contributed by atoms with Crippen LogP contribution in [0.4, 0.5) is 0 Å². The van der Waals surface area contributed by atoms with Gasteiger partial charge in [-0.1, -0.05) is 30.3 Å². The van der Waals surface area contributed by atoms with E-state index in [1.807, 2.05) is 30.3 Å². The molecule has 120 valence electrons. The Hall–Kier alpha value is -2.33. The number of hydrogen-bond donors (Lipinski definition) is 2. The van der Waals surface area contributed by atoms with Crippen LogP contribution in [0.15, 0.2) is 48.5 Å². The molecule has 0 saturated carbocycles. The van der Waals surface area contributed by atoms with E-state index in [-0.39, 0.29) is 24.6 Å². The molecule has 0 aliphatic carbocycles. The zero-order valence-electron chi connectivity index (χ0n) is 12.9. The van der Waals surface area contributed by atoms with E-state index >= 15 is 0 Å². The number of rotatable bonds is 5. The molecule has 2 aromatic carbocycles. The van der Waals surface area contributed by atoms with E-state index in [1.54, 1.807) is 6.07 Å². The Morgan fingerprint density at radius 1 is 1.09 bits per heavy atom. The topological polar surface area (TPSA) is 66.8 Å². The monoisotopic (exact) mass is 312 g/mol. The molecule has 1 aliphatic heterocycles. The van der Waals surface area contributed by atoms with E-state index in [1.165, 1.54) is 17.7 Å². The quantitative estimate of drug-likeness (QED) is 0.890. The number of aryl methyl sites for hydroxylation is 1. The van der Waals surface area contributed by atoms with Crippen molar-refractivity contribution in [3.8, 4) is 11.5 Å². The fraction of sp³-hybridized carbons (Fsp3) is 0.316. The molecule has 1 heterocycles. The van der Waals surface area contributed by atoms with Gasteiger partial charge in [-0.2, -0.15) is 0 Å². The maximum atomic E-state index is 12.5. The zero-order valence-corrected chi connectivity index (χ0v) is 12.9. The highest BCUT2D eigenvalue weighted by Gasteiger charge is 2.39. The molecule has 4 heteroatoms. The molecule has 1 aliphatic rings. The van der Waals surface area contributed by atoms with Crippen LogP contribution < -0.4 is 4.74 Å². The number of ether oxygens (including phenoxy) is 1. The SMILES string of the molecule is O=C1CC(CCO)(CCc2ccccc2)Oc2ccc(O)cc21. The largest absolute Gasteiger partial charge is 0.508 e. The van der Waals surface area contributed by atoms with Gasteiger partial charge >= 0.3 is 0 Å². The van der Waals surface area contributed by atoms with Crippen molar-refractivity contribution in [2.75, 3.05) is 6.61 Å². The summed E-state index contributed by atoms with van der Waals surface area (Å²) in [5, 5.41) is 19.0. The van der Waals surface area contributed by atoms with Gasteiger partial charge in [0.2, 0.25) is 0 Å². The number of carbonyl (C=O) groups excluding carboxylic acids is 1. The predicted molar refractivity (Wildman–Crippen MR) is 86.9 cm³/mol. The van der Waals surface area contributed by atoms with Gasteiger partial charge in [0, 0.05) is 13.0 Å². The number of aliphatic hydroxyl groups is 1. The van der Waals surface area contributed by atoms with E-state index < -0.39 is 5.60 Å². The summed E-state index contributed by atoms with van der Waals surface area (Å²) in [4.78, 5) is 12.5. The Bertz CT molecular complexity index is 696. The molecule has 0 amide bonds. The number of phenols is 1. The fourth-order valence-corrected chi connectivity index (χ4v) is 3.11. The van der Waals surface area contributed by atoms with Crippen LogP contribution in [0.3, 0.4) is 0 Å². The lowest BCUT2D eigenvalue weighted by Gasteiger charge is -2.38. The van der Waals surface area contributed by atoms with Crippen LogP contribution in [0.5, 0.6) is 11.5 Å². The molecule has 0 bridgehead atoms. The standard InChI is InChI=1S/C19H20O4/c20-11-10-19(9-8-14-4-2-1-3-5-14)13-17(22)16-12-15(21)6-7-18(16)23-19/h1-7,12,20-21H,8-11,13H2. The minimum absolute atomic E-state index is 0.0323. The Kier molecular flexibility index (Phi) is 4.35. The average Bonchev–Trinajstić information content (AvgIpc) is 2.55. The summed E-state index contributed by atoms with van der Waals surface area (Å²) >= 11 is 0. The lowest BCUT2D eigenvalue weighted by molar-refractivity contribution is 0.0165. The van der Waals surface area contributed by atoms with Crippen molar-refractivity contribution >= 4 is 5.78 Å². The van der Waals surface area contributed by atoms with Crippen molar-refractivity contribution < 1.29 is 19.7 Å². The van der Waals surface area contributed by atoms with Crippen molar-refractivity contribution in [1.82, 2.24) is 0 Å². The molecule has 1 unspecified atom stereocenters. The van der Waals surface area contributed by atoms with E-state index in [9.17, 15) is 15.0 Å². The third kappa shape index (κ3) is 3.37. The van der Waals surface area contributed by atoms with Gasteiger partial charge in [0.1, 0.15) is 17.1 Å². The number of aromatic hydroxyl groups is 1. The minimum Gasteiger partial charge on any atom is -0.508 e. The van der Waals surface area contributed by atoms with Crippen molar-refractivity contribution in [1.29, 1.82) is 0 Å². The molecule has 2 aromatic rings. The highest BCUT2D eigenvalue weighted by atomic mass is 16.5. The third-order valence-corrected chi connectivity index (χ3v) is 4.35. The molecular formula is C19H20O4. The van der Waals surface area contributed by atoms with E-state index in [2.05, 4.69) is 0 Å². The molecule has 0 saturated heterocycles. The maximum absolute atomic E-state index is 12.5. The number of fused-ring (bicyclic) bond motifs is 1. The van der Waals surface area contributed by atoms with Crippen LogP contribution in [-0.2, 0) is 6.42 Å². The van der Waals surface area contributed by atoms with E-state index in [0.29, 0.717) is 24.2 Å². The molecular weight excluding hydrogens is 292 g/mol. The highest BCUT2D eigenvalue weighted by molar-refractivity contribution is 6.00. The maximum Gasteiger partial charge on any atom is 0.170 e. The van der Waals surface area contributed by atoms with E-state index in [0.717, 1.165) is 6.42 Å². The van der Waals surface area contributed by atoms with Crippen molar-refractivity contribution in [2.24, 2.45) is 0 Å². The average molecular weight is 312 g/mol. The molecule has 3 rings (SSSR count). The lowest BCUT2D eigenvalue weighted by Crippen LogP contribution is -2.43. The van der Waals surface area contributed by atoms with Gasteiger partial charge in [-0.05, 0) is 36.6 Å². The summed E-state index contributed by atoms with van der Waals surface area (Å²) in [6.45, 7) is -0.0323. The molecule has 0 spiro atoms. The second-order valence-corrected chi connectivity index (χ2v) is 6.02. The summed E-state index contributed by atoms with van der Waals surface area (Å²) in [6, 6.07) is 14.6. The number of aliphatic hydroxyl groups excluding tert-OH is 1. The van der Waals surface area contributed by atoms with Gasteiger partial charge < -0.3 is 14.9 Å². The molecule has 4 nitrogen and oxygen atoms in total. The molecule has 0 radical (unpaired) electrons. The first-order valence-electron chi connectivity index (χ1n) is 7.82. The number of carbonyl (C=O) groups is 1. The highest BCUT2D eigenvalue weighted by Crippen LogP contribution is 2.39. The van der Waals surface area contributed by atoms with Gasteiger partial charge in [0.05, 0.1) is 12.0 Å². The van der Waals surface area contributed by atoms with Crippen LogP contribution in [0.2, 0.25) is 0 Å². The number of benzene rings is 2. The van der Waals surface area contributed by atoms with Gasteiger partial charge in [-0.15, -0.1) is 0 Å². The Labute approximate surface area is 135 Å². The molecule has 23 heavy (non-hydrogen) atoms. The second-order valence-electron chi connectivity index (χ2n) is 6.02. The van der Waals surface area contributed by atoms with Crippen LogP contribution in [0.1, 0.15) is 35.2 Å². The summed E-state index contributed by atoms with van der Waals surface area (Å²) in [5.74, 6) is 0.490. The Morgan fingerprint density at radius 3 is 2.61 bits per heavy atom. The summed E-state index contributed by atoms with van der Waals surface area (Å²) in [6.07, 6.45) is 2.06. The third-order valence-electron chi connectivity index (χ3n) is 4.35. The molecule has 1 atom stereocenters. The van der Waals surface area contributed by atoms with Crippen LogP contribution >= 0.6 is 0 Å². The van der Waals surface area contributed by atoms with E-state index in [4.69, 9.17) is 4.74 Å². The first-order chi connectivity index (χ1) is 11.1. The van der Waals surface area contributed by atoms with Crippen molar-refractivity contribution in [2.45, 2.75) is 31.3 Å². The minimum atomic E-state index is -0.689. The summed E-state index contributed by atoms with van der Waals surface area (Å²) in [7, 11) is 0. The van der Waals surface area contributed by atoms with Crippen molar-refractivity contribution in [3.05, 3.63) is 59.7 Å². The fourth-order valence-electron chi connectivity index (χ4n) is 3.11.